The smallest absolute Gasteiger partial charge is 0.265 e. The molecular formula is C12H17N3OS. The normalized spacial score (nSPS) is 20.6. The van der Waals surface area contributed by atoms with Gasteiger partial charge in [-0.2, -0.15) is 0 Å². The van der Waals surface area contributed by atoms with Gasteiger partial charge in [-0.25, -0.2) is 4.98 Å². The van der Waals surface area contributed by atoms with Crippen LogP contribution in [0.15, 0.2) is 0 Å². The van der Waals surface area contributed by atoms with Crippen LogP contribution in [0.25, 0.3) is 0 Å². The molecule has 1 amide bonds. The Morgan fingerprint density at radius 2 is 2.12 bits per heavy atom. The van der Waals surface area contributed by atoms with Crippen LogP contribution in [0.3, 0.4) is 0 Å². The minimum atomic E-state index is 0.174. The molecule has 0 spiro atoms. The first-order valence-electron chi connectivity index (χ1n) is 6.23. The molecule has 0 atom stereocenters. The van der Waals surface area contributed by atoms with E-state index >= 15 is 0 Å². The zero-order chi connectivity index (χ0) is 11.8. The van der Waals surface area contributed by atoms with Crippen molar-refractivity contribution in [2.24, 2.45) is 0 Å². The van der Waals surface area contributed by atoms with E-state index in [0.29, 0.717) is 5.92 Å². The zero-order valence-corrected chi connectivity index (χ0v) is 10.8. The standard InChI is InChI=1S/C12H17N3OS/c1-8-10(17-11(14-8)9-2-3-9)12(16)15-6-4-13-5-7-15/h9,13H,2-7H2,1H3. The Morgan fingerprint density at radius 3 is 2.76 bits per heavy atom. The molecule has 0 bridgehead atoms. The van der Waals surface area contributed by atoms with Crippen molar-refractivity contribution in [2.45, 2.75) is 25.7 Å². The largest absolute Gasteiger partial charge is 0.335 e. The van der Waals surface area contributed by atoms with Crippen molar-refractivity contribution in [3.63, 3.8) is 0 Å². The second kappa shape index (κ2) is 4.38. The Labute approximate surface area is 105 Å². The van der Waals surface area contributed by atoms with Gasteiger partial charge in [0.1, 0.15) is 4.88 Å². The van der Waals surface area contributed by atoms with Gasteiger partial charge in [-0.15, -0.1) is 11.3 Å². The molecule has 1 aromatic heterocycles. The number of carbonyl (C=O) groups excluding carboxylic acids is 1. The van der Waals surface area contributed by atoms with Crippen molar-refractivity contribution in [3.05, 3.63) is 15.6 Å². The number of nitrogens with zero attached hydrogens (tertiary/aromatic N) is 2. The molecule has 1 N–H and O–H groups in total. The van der Waals surface area contributed by atoms with Crippen molar-refractivity contribution >= 4 is 17.2 Å². The van der Waals surface area contributed by atoms with Gasteiger partial charge < -0.3 is 10.2 Å². The van der Waals surface area contributed by atoms with Crippen LogP contribution in [-0.2, 0) is 0 Å². The lowest BCUT2D eigenvalue weighted by Gasteiger charge is -2.27. The molecule has 2 aliphatic rings. The molecule has 1 aliphatic carbocycles. The van der Waals surface area contributed by atoms with Gasteiger partial charge in [0.25, 0.3) is 5.91 Å². The third-order valence-corrected chi connectivity index (χ3v) is 4.65. The predicted molar refractivity (Wildman–Crippen MR) is 67.6 cm³/mol. The summed E-state index contributed by atoms with van der Waals surface area (Å²) in [6.07, 6.45) is 2.49. The maximum absolute atomic E-state index is 12.3. The topological polar surface area (TPSA) is 45.2 Å². The van der Waals surface area contributed by atoms with Gasteiger partial charge in [0.05, 0.1) is 10.7 Å². The summed E-state index contributed by atoms with van der Waals surface area (Å²) in [7, 11) is 0. The van der Waals surface area contributed by atoms with E-state index in [2.05, 4.69) is 10.3 Å². The number of carbonyl (C=O) groups is 1. The summed E-state index contributed by atoms with van der Waals surface area (Å²) < 4.78 is 0. The fourth-order valence-electron chi connectivity index (χ4n) is 2.13. The highest BCUT2D eigenvalue weighted by molar-refractivity contribution is 7.13. The summed E-state index contributed by atoms with van der Waals surface area (Å²) >= 11 is 1.61. The van der Waals surface area contributed by atoms with Gasteiger partial charge in [0, 0.05) is 32.1 Å². The second-order valence-electron chi connectivity index (χ2n) is 4.78. The summed E-state index contributed by atoms with van der Waals surface area (Å²) in [5.41, 5.74) is 0.917. The average Bonchev–Trinajstić information content (AvgIpc) is 3.13. The number of aromatic nitrogens is 1. The molecule has 1 aliphatic heterocycles. The number of hydrogen-bond donors (Lipinski definition) is 1. The van der Waals surface area contributed by atoms with Crippen LogP contribution >= 0.6 is 11.3 Å². The summed E-state index contributed by atoms with van der Waals surface area (Å²) in [6.45, 7) is 5.39. The van der Waals surface area contributed by atoms with Crippen LogP contribution in [0.1, 0.15) is 39.1 Å². The molecule has 1 saturated carbocycles. The number of hydrogen-bond acceptors (Lipinski definition) is 4. The molecule has 3 rings (SSSR count). The van der Waals surface area contributed by atoms with Gasteiger partial charge in [0.15, 0.2) is 0 Å². The second-order valence-corrected chi connectivity index (χ2v) is 5.81. The van der Waals surface area contributed by atoms with E-state index in [-0.39, 0.29) is 5.91 Å². The Kier molecular flexibility index (Phi) is 2.88. The minimum absolute atomic E-state index is 0.174. The number of aryl methyl sites for hydroxylation is 1. The first kappa shape index (κ1) is 11.2. The molecule has 0 aromatic carbocycles. The van der Waals surface area contributed by atoms with Crippen molar-refractivity contribution in [1.82, 2.24) is 15.2 Å². The van der Waals surface area contributed by atoms with Crippen LogP contribution in [0.2, 0.25) is 0 Å². The molecule has 4 nitrogen and oxygen atoms in total. The first-order chi connectivity index (χ1) is 8.25. The number of amides is 1. The maximum atomic E-state index is 12.3. The van der Waals surface area contributed by atoms with E-state index in [4.69, 9.17) is 0 Å². The Hall–Kier alpha value is -0.940. The van der Waals surface area contributed by atoms with Crippen LogP contribution in [0.5, 0.6) is 0 Å². The van der Waals surface area contributed by atoms with E-state index in [0.717, 1.165) is 36.8 Å². The molecule has 0 radical (unpaired) electrons. The quantitative estimate of drug-likeness (QED) is 0.863. The van der Waals surface area contributed by atoms with Crippen LogP contribution in [-0.4, -0.2) is 42.0 Å². The number of thiazole rings is 1. The zero-order valence-electron chi connectivity index (χ0n) is 10.0. The van der Waals surface area contributed by atoms with Crippen LogP contribution in [0.4, 0.5) is 0 Å². The molecule has 2 fully saturated rings. The van der Waals surface area contributed by atoms with E-state index in [1.165, 1.54) is 17.8 Å². The molecule has 5 heteroatoms. The van der Waals surface area contributed by atoms with Gasteiger partial charge in [0.2, 0.25) is 0 Å². The highest BCUT2D eigenvalue weighted by atomic mass is 32.1. The van der Waals surface area contributed by atoms with E-state index in [1.807, 2.05) is 11.8 Å². The SMILES string of the molecule is Cc1nc(C2CC2)sc1C(=O)N1CCNCC1. The highest BCUT2D eigenvalue weighted by Crippen LogP contribution is 2.42. The first-order valence-corrected chi connectivity index (χ1v) is 7.04. The molecule has 0 unspecified atom stereocenters. The molecule has 2 heterocycles. The lowest BCUT2D eigenvalue weighted by Crippen LogP contribution is -2.46. The highest BCUT2D eigenvalue weighted by Gasteiger charge is 2.30. The van der Waals surface area contributed by atoms with Crippen LogP contribution in [0, 0.1) is 6.92 Å². The molecular weight excluding hydrogens is 234 g/mol. The van der Waals surface area contributed by atoms with Crippen molar-refractivity contribution in [2.75, 3.05) is 26.2 Å². The van der Waals surface area contributed by atoms with E-state index in [9.17, 15) is 4.79 Å². The molecule has 1 saturated heterocycles. The number of nitrogens with one attached hydrogen (secondary N) is 1. The van der Waals surface area contributed by atoms with Crippen molar-refractivity contribution < 1.29 is 4.79 Å². The monoisotopic (exact) mass is 251 g/mol. The minimum Gasteiger partial charge on any atom is -0.335 e. The third kappa shape index (κ3) is 2.21. The maximum Gasteiger partial charge on any atom is 0.265 e. The van der Waals surface area contributed by atoms with Gasteiger partial charge in [-0.05, 0) is 19.8 Å². The average molecular weight is 251 g/mol. The van der Waals surface area contributed by atoms with E-state index in [1.54, 1.807) is 11.3 Å². The summed E-state index contributed by atoms with van der Waals surface area (Å²) in [5, 5.41) is 4.43. The van der Waals surface area contributed by atoms with E-state index < -0.39 is 0 Å². The summed E-state index contributed by atoms with van der Waals surface area (Å²) in [4.78, 5) is 19.7. The molecule has 92 valence electrons. The fraction of sp³-hybridized carbons (Fsp3) is 0.667. The Morgan fingerprint density at radius 1 is 1.41 bits per heavy atom. The van der Waals surface area contributed by atoms with Gasteiger partial charge >= 0.3 is 0 Å². The Bertz CT molecular complexity index is 433. The number of piperazine rings is 1. The van der Waals surface area contributed by atoms with Gasteiger partial charge in [-0.3, -0.25) is 4.79 Å². The number of rotatable bonds is 2. The van der Waals surface area contributed by atoms with Crippen molar-refractivity contribution in [3.8, 4) is 0 Å². The summed E-state index contributed by atoms with van der Waals surface area (Å²) in [6, 6.07) is 0. The lowest BCUT2D eigenvalue weighted by molar-refractivity contribution is 0.0740. The van der Waals surface area contributed by atoms with Crippen LogP contribution < -0.4 is 5.32 Å². The Balaban J connectivity index is 1.79. The van der Waals surface area contributed by atoms with Crippen molar-refractivity contribution in [1.29, 1.82) is 0 Å². The molecule has 17 heavy (non-hydrogen) atoms. The molecule has 1 aromatic rings. The third-order valence-electron chi connectivity index (χ3n) is 3.34. The predicted octanol–water partition coefficient (Wildman–Crippen LogP) is 1.37. The summed E-state index contributed by atoms with van der Waals surface area (Å²) in [5.74, 6) is 0.816. The van der Waals surface area contributed by atoms with Gasteiger partial charge in [-0.1, -0.05) is 0 Å². The lowest BCUT2D eigenvalue weighted by atomic mass is 10.3. The fourth-order valence-corrected chi connectivity index (χ4v) is 3.34.